The van der Waals surface area contributed by atoms with E-state index in [0.29, 0.717) is 18.6 Å². The molecule has 3 aliphatic rings. The van der Waals surface area contributed by atoms with Crippen molar-refractivity contribution in [3.05, 3.63) is 0 Å². The lowest BCUT2D eigenvalue weighted by molar-refractivity contribution is -0.185. The van der Waals surface area contributed by atoms with Crippen LogP contribution in [-0.4, -0.2) is 49.3 Å². The number of nitrogens with zero attached hydrogens (tertiary/aromatic N) is 1. The molecule has 0 N–H and O–H groups in total. The van der Waals surface area contributed by atoms with Gasteiger partial charge in [0.25, 0.3) is 0 Å². The Labute approximate surface area is 134 Å². The maximum atomic E-state index is 12.6. The Kier molecular flexibility index (Phi) is 5.08. The summed E-state index contributed by atoms with van der Waals surface area (Å²) in [6.45, 7) is 3.68. The minimum absolute atomic E-state index is 0.153. The van der Waals surface area contributed by atoms with Gasteiger partial charge >= 0.3 is 0 Å². The standard InChI is InChI=1S/C18H31NO3/c1-3-21-16-13-15(18(16)9-5-4-6-10-18)19(2)17(20)12-14-8-7-11-22-14/h14-16H,3-13H2,1-2H3/t14-,15-,16+/m0/s1. The van der Waals surface area contributed by atoms with E-state index in [1.165, 1.54) is 32.1 Å². The maximum Gasteiger partial charge on any atom is 0.225 e. The molecule has 0 aromatic carbocycles. The number of ether oxygens (including phenoxy) is 2. The molecule has 4 nitrogen and oxygen atoms in total. The van der Waals surface area contributed by atoms with E-state index < -0.39 is 0 Å². The lowest BCUT2D eigenvalue weighted by atomic mass is 9.54. The van der Waals surface area contributed by atoms with Gasteiger partial charge in [-0.25, -0.2) is 0 Å². The molecule has 2 saturated carbocycles. The van der Waals surface area contributed by atoms with E-state index in [0.717, 1.165) is 32.5 Å². The van der Waals surface area contributed by atoms with Gasteiger partial charge in [-0.2, -0.15) is 0 Å². The van der Waals surface area contributed by atoms with Crippen molar-refractivity contribution >= 4 is 5.91 Å². The van der Waals surface area contributed by atoms with Crippen LogP contribution in [0.25, 0.3) is 0 Å². The fourth-order valence-corrected chi connectivity index (χ4v) is 4.89. The second-order valence-corrected chi connectivity index (χ2v) is 7.33. The van der Waals surface area contributed by atoms with Gasteiger partial charge in [0.2, 0.25) is 5.91 Å². The number of amides is 1. The number of hydrogen-bond acceptors (Lipinski definition) is 3. The number of carbonyl (C=O) groups excluding carboxylic acids is 1. The molecule has 4 heteroatoms. The first kappa shape index (κ1) is 16.3. The zero-order valence-electron chi connectivity index (χ0n) is 14.2. The molecule has 3 atom stereocenters. The first-order valence-corrected chi connectivity index (χ1v) is 9.16. The van der Waals surface area contributed by atoms with Crippen LogP contribution < -0.4 is 0 Å². The van der Waals surface area contributed by atoms with Gasteiger partial charge in [0.1, 0.15) is 0 Å². The number of rotatable bonds is 5. The summed E-state index contributed by atoms with van der Waals surface area (Å²) in [6, 6.07) is 0.373. The molecule has 0 bridgehead atoms. The van der Waals surface area contributed by atoms with Crippen LogP contribution in [0.2, 0.25) is 0 Å². The molecule has 0 unspecified atom stereocenters. The molecule has 1 spiro atoms. The molecule has 1 amide bonds. The quantitative estimate of drug-likeness (QED) is 0.783. The van der Waals surface area contributed by atoms with Crippen LogP contribution >= 0.6 is 0 Å². The van der Waals surface area contributed by atoms with Crippen LogP contribution in [0.15, 0.2) is 0 Å². The third-order valence-corrected chi connectivity index (χ3v) is 6.18. The normalized spacial score (nSPS) is 33.6. The van der Waals surface area contributed by atoms with Crippen LogP contribution in [-0.2, 0) is 14.3 Å². The molecule has 1 aliphatic heterocycles. The highest BCUT2D eigenvalue weighted by molar-refractivity contribution is 5.77. The van der Waals surface area contributed by atoms with E-state index in [4.69, 9.17) is 9.47 Å². The highest BCUT2D eigenvalue weighted by atomic mass is 16.5. The monoisotopic (exact) mass is 309 g/mol. The average molecular weight is 309 g/mol. The van der Waals surface area contributed by atoms with Crippen molar-refractivity contribution in [1.82, 2.24) is 4.90 Å². The van der Waals surface area contributed by atoms with Crippen LogP contribution in [0.4, 0.5) is 0 Å². The van der Waals surface area contributed by atoms with Crippen molar-refractivity contribution in [2.24, 2.45) is 5.41 Å². The van der Waals surface area contributed by atoms with Gasteiger partial charge in [-0.15, -0.1) is 0 Å². The summed E-state index contributed by atoms with van der Waals surface area (Å²) in [5.41, 5.74) is 0.231. The van der Waals surface area contributed by atoms with Gasteiger partial charge in [0, 0.05) is 31.7 Å². The Hall–Kier alpha value is -0.610. The lowest BCUT2D eigenvalue weighted by Gasteiger charge is -2.60. The third kappa shape index (κ3) is 2.92. The van der Waals surface area contributed by atoms with Crippen molar-refractivity contribution in [3.63, 3.8) is 0 Å². The molecular formula is C18H31NO3. The molecule has 0 radical (unpaired) electrons. The van der Waals surface area contributed by atoms with Crippen molar-refractivity contribution < 1.29 is 14.3 Å². The van der Waals surface area contributed by atoms with Gasteiger partial charge in [-0.1, -0.05) is 19.3 Å². The van der Waals surface area contributed by atoms with E-state index in [-0.39, 0.29) is 17.4 Å². The molecule has 2 aliphatic carbocycles. The van der Waals surface area contributed by atoms with Crippen molar-refractivity contribution in [3.8, 4) is 0 Å². The Balaban J connectivity index is 1.63. The van der Waals surface area contributed by atoms with Gasteiger partial charge < -0.3 is 14.4 Å². The maximum absolute atomic E-state index is 12.6. The largest absolute Gasteiger partial charge is 0.378 e. The van der Waals surface area contributed by atoms with Crippen molar-refractivity contribution in [1.29, 1.82) is 0 Å². The Morgan fingerprint density at radius 3 is 2.68 bits per heavy atom. The molecule has 0 aromatic rings. The predicted octanol–water partition coefficient (Wildman–Crippen LogP) is 3.14. The van der Waals surface area contributed by atoms with Crippen LogP contribution in [0, 0.1) is 5.41 Å². The highest BCUT2D eigenvalue weighted by Crippen LogP contribution is 2.55. The number of carbonyl (C=O) groups is 1. The highest BCUT2D eigenvalue weighted by Gasteiger charge is 2.57. The zero-order valence-corrected chi connectivity index (χ0v) is 14.2. The van der Waals surface area contributed by atoms with E-state index in [9.17, 15) is 4.79 Å². The predicted molar refractivity (Wildman–Crippen MR) is 85.7 cm³/mol. The molecule has 1 saturated heterocycles. The summed E-state index contributed by atoms with van der Waals surface area (Å²) in [4.78, 5) is 14.7. The fraction of sp³-hybridized carbons (Fsp3) is 0.944. The molecule has 1 heterocycles. The first-order chi connectivity index (χ1) is 10.7. The molecule has 3 rings (SSSR count). The minimum atomic E-state index is 0.153. The molecule has 126 valence electrons. The van der Waals surface area contributed by atoms with Gasteiger partial charge in [0.05, 0.1) is 18.6 Å². The molecule has 3 fully saturated rings. The zero-order chi connectivity index (χ0) is 15.6. The molecular weight excluding hydrogens is 278 g/mol. The third-order valence-electron chi connectivity index (χ3n) is 6.18. The smallest absolute Gasteiger partial charge is 0.225 e. The summed E-state index contributed by atoms with van der Waals surface area (Å²) in [5.74, 6) is 0.261. The lowest BCUT2D eigenvalue weighted by Crippen LogP contribution is -2.65. The van der Waals surface area contributed by atoms with Crippen LogP contribution in [0.1, 0.15) is 64.7 Å². The Morgan fingerprint density at radius 2 is 2.05 bits per heavy atom. The molecule has 22 heavy (non-hydrogen) atoms. The topological polar surface area (TPSA) is 38.8 Å². The SMILES string of the molecule is CCO[C@@H]1C[C@H](N(C)C(=O)C[C@@H]2CCCO2)C12CCCCC2. The summed E-state index contributed by atoms with van der Waals surface area (Å²) < 4.78 is 11.6. The van der Waals surface area contributed by atoms with Crippen LogP contribution in [0.5, 0.6) is 0 Å². The van der Waals surface area contributed by atoms with E-state index in [1.807, 2.05) is 11.9 Å². The second kappa shape index (κ2) is 6.88. The Bertz CT molecular complexity index is 386. The summed E-state index contributed by atoms with van der Waals surface area (Å²) >= 11 is 0. The summed E-state index contributed by atoms with van der Waals surface area (Å²) in [5, 5.41) is 0. The average Bonchev–Trinajstić information content (AvgIpc) is 3.04. The molecule has 0 aromatic heterocycles. The first-order valence-electron chi connectivity index (χ1n) is 9.16. The van der Waals surface area contributed by atoms with E-state index >= 15 is 0 Å². The van der Waals surface area contributed by atoms with Crippen molar-refractivity contribution in [2.75, 3.05) is 20.3 Å². The minimum Gasteiger partial charge on any atom is -0.378 e. The second-order valence-electron chi connectivity index (χ2n) is 7.33. The van der Waals surface area contributed by atoms with Crippen molar-refractivity contribution in [2.45, 2.75) is 83.0 Å². The van der Waals surface area contributed by atoms with E-state index in [2.05, 4.69) is 6.92 Å². The van der Waals surface area contributed by atoms with Crippen LogP contribution in [0.3, 0.4) is 0 Å². The van der Waals surface area contributed by atoms with Gasteiger partial charge in [0.15, 0.2) is 0 Å². The Morgan fingerprint density at radius 1 is 1.27 bits per heavy atom. The van der Waals surface area contributed by atoms with Gasteiger partial charge in [-0.05, 0) is 39.0 Å². The fourth-order valence-electron chi connectivity index (χ4n) is 4.89. The summed E-state index contributed by atoms with van der Waals surface area (Å²) in [7, 11) is 2.00. The van der Waals surface area contributed by atoms with Gasteiger partial charge in [-0.3, -0.25) is 4.79 Å². The van der Waals surface area contributed by atoms with E-state index in [1.54, 1.807) is 0 Å². The summed E-state index contributed by atoms with van der Waals surface area (Å²) in [6.07, 6.45) is 10.6. The number of hydrogen-bond donors (Lipinski definition) is 0.